The van der Waals surface area contributed by atoms with Crippen LogP contribution in [0.5, 0.6) is 46.0 Å². The number of methoxy groups -OCH3 is 4. The van der Waals surface area contributed by atoms with E-state index in [-0.39, 0.29) is 79.7 Å². The minimum absolute atomic E-state index is 0.0495. The molecule has 6 aliphatic rings. The number of unbranched alkanes of at least 4 members (excludes halogenated alkanes) is 1. The number of benzene rings is 6. The van der Waals surface area contributed by atoms with E-state index in [1.54, 1.807) is 28.4 Å². The Morgan fingerprint density at radius 2 is 0.961 bits per heavy atom. The van der Waals surface area contributed by atoms with Crippen molar-refractivity contribution < 1.29 is 86.8 Å². The van der Waals surface area contributed by atoms with Crippen molar-refractivity contribution in [2.75, 3.05) is 128 Å². The molecule has 0 aliphatic carbocycles. The number of ether oxygens (including phenoxy) is 8. The van der Waals surface area contributed by atoms with E-state index >= 15 is 0 Å². The number of carboxylic acids is 4. The van der Waals surface area contributed by atoms with Crippen LogP contribution in [0.1, 0.15) is 104 Å². The van der Waals surface area contributed by atoms with Crippen LogP contribution < -0.4 is 42.8 Å². The number of rotatable bonds is 23. The zero-order chi connectivity index (χ0) is 74.6. The molecular formula is C80H105N6O17+. The van der Waals surface area contributed by atoms with Crippen molar-refractivity contribution in [3.63, 3.8) is 0 Å². The molecule has 12 atom stereocenters. The van der Waals surface area contributed by atoms with Gasteiger partial charge in [-0.15, -0.1) is 0 Å². The highest BCUT2D eigenvalue weighted by Gasteiger charge is 2.49. The lowest BCUT2D eigenvalue weighted by atomic mass is 9.83. The maximum absolute atomic E-state index is 14.4. The van der Waals surface area contributed by atoms with Gasteiger partial charge in [0.25, 0.3) is 0 Å². The van der Waals surface area contributed by atoms with Gasteiger partial charge in [-0.2, -0.15) is 0 Å². The Labute approximate surface area is 605 Å². The Hall–Kier alpha value is -9.13. The first-order valence-corrected chi connectivity index (χ1v) is 35.4. The van der Waals surface area contributed by atoms with Crippen LogP contribution in [0.15, 0.2) is 127 Å². The molecular weight excluding hydrogens is 1320 g/mol. The van der Waals surface area contributed by atoms with Gasteiger partial charge in [-0.1, -0.05) is 74.0 Å². The van der Waals surface area contributed by atoms with Gasteiger partial charge in [0.15, 0.2) is 23.0 Å². The summed E-state index contributed by atoms with van der Waals surface area (Å²) in [6.45, 7) is 12.5. The number of carbonyl (C=O) groups excluding carboxylic acids is 1. The number of para-hydroxylation sites is 1. The van der Waals surface area contributed by atoms with Crippen molar-refractivity contribution in [2.45, 2.75) is 108 Å². The lowest BCUT2D eigenvalue weighted by molar-refractivity contribution is -0.884. The molecule has 0 radical (unpaired) electrons. The third-order valence-corrected chi connectivity index (χ3v) is 21.5. The quantitative estimate of drug-likeness (QED) is 0.0435. The van der Waals surface area contributed by atoms with Gasteiger partial charge in [0.1, 0.15) is 23.8 Å². The third kappa shape index (κ3) is 18.6. The fourth-order valence-corrected chi connectivity index (χ4v) is 15.6. The molecule has 0 aromatic heterocycles. The lowest BCUT2D eigenvalue weighted by Gasteiger charge is -2.30. The standard InChI is InChI=1S/C38H47N3O8.3C14H19NO3/c1-6-7-16-40(28-12-8-10-25(17-28)22-41(2,3)4)34(42)21-39-20-29(27-18-32(45-5)37-33(19-27)47-24-49-37)35(38(43)44)30(39)15-14-26-11-9-13-31-36(26)48-23-46-31;3*1-9-13(14(16)17)12(8-15(9)2)10-4-6-11(18-3)7-5-10/h8-13,17-19,29-30,35H,6-7,14-16,20-24H2,1-5H3;3*4-7,9,12-13H,8H2,1-3H3,(H,16,17)/p+1/t29-,30+,35-;3*9-,12+,13-/m1000/s1. The second kappa shape index (κ2) is 34.9. The number of nitrogens with zero attached hydrogens (tertiary/aromatic N) is 6. The highest BCUT2D eigenvalue weighted by Crippen LogP contribution is 2.49. The first kappa shape index (κ1) is 78.0. The topological polar surface area (TPSA) is 256 Å². The van der Waals surface area contributed by atoms with Gasteiger partial charge < -0.3 is 82.4 Å². The fraction of sp³-hybridized carbons (Fsp3) is 0.487. The third-order valence-electron chi connectivity index (χ3n) is 21.5. The minimum atomic E-state index is -0.907. The summed E-state index contributed by atoms with van der Waals surface area (Å²) in [5, 5.41) is 39.0. The van der Waals surface area contributed by atoms with Crippen LogP contribution in [0.2, 0.25) is 0 Å². The molecule has 23 nitrogen and oxygen atoms in total. The van der Waals surface area contributed by atoms with E-state index in [4.69, 9.17) is 37.9 Å². The van der Waals surface area contributed by atoms with Crippen LogP contribution in [0.25, 0.3) is 0 Å². The summed E-state index contributed by atoms with van der Waals surface area (Å²) in [4.78, 5) is 72.1. The van der Waals surface area contributed by atoms with E-state index in [1.165, 1.54) is 0 Å². The monoisotopic (exact) mass is 1420 g/mol. The number of carbonyl (C=O) groups is 5. The predicted octanol–water partition coefficient (Wildman–Crippen LogP) is 10.7. The molecule has 0 saturated carbocycles. The summed E-state index contributed by atoms with van der Waals surface area (Å²) in [5.41, 5.74) is 6.96. The molecule has 0 unspecified atom stereocenters. The van der Waals surface area contributed by atoms with E-state index in [0.717, 1.165) is 99.8 Å². The van der Waals surface area contributed by atoms with Crippen molar-refractivity contribution in [3.05, 3.63) is 161 Å². The van der Waals surface area contributed by atoms with Crippen molar-refractivity contribution in [2.24, 2.45) is 23.7 Å². The zero-order valence-corrected chi connectivity index (χ0v) is 62.0. The SMILES string of the molecule is CCCCN(C(=O)CN1C[C@H](c2cc(OC)c3c(c2)OCO3)[C@@H](C(=O)O)[C@@H]1CCc1cccc2c1OCO2)c1cccc(C[N+](C)(C)C)c1.COc1ccc([C@H]2CN(C)[C@@H](C)[C@@H]2C(=O)O)cc1.COc1ccc([C@H]2CN(C)[C@@H](C)[C@@H]2C(=O)O)cc1.COc1ccc([C@H]2CN(C)[C@@H](C)[C@@H]2C(=O)O)cc1. The second-order valence-electron chi connectivity index (χ2n) is 28.9. The molecule has 4 fully saturated rings. The summed E-state index contributed by atoms with van der Waals surface area (Å²) < 4.78 is 44.5. The molecule has 23 heteroatoms. The fourth-order valence-electron chi connectivity index (χ4n) is 15.6. The molecule has 4 N–H and O–H groups in total. The van der Waals surface area contributed by atoms with E-state index in [2.05, 4.69) is 59.8 Å². The lowest BCUT2D eigenvalue weighted by Crippen LogP contribution is -2.44. The van der Waals surface area contributed by atoms with Gasteiger partial charge in [0, 0.05) is 91.8 Å². The van der Waals surface area contributed by atoms with Gasteiger partial charge in [-0.05, 0) is 156 Å². The van der Waals surface area contributed by atoms with Crippen LogP contribution in [-0.4, -0.2) is 222 Å². The number of aliphatic carboxylic acids is 4. The van der Waals surface area contributed by atoms with Crippen LogP contribution in [0.3, 0.4) is 0 Å². The summed E-state index contributed by atoms with van der Waals surface area (Å²) in [6.07, 6.45) is 2.87. The van der Waals surface area contributed by atoms with E-state index in [0.29, 0.717) is 54.7 Å². The Morgan fingerprint density at radius 3 is 1.40 bits per heavy atom. The van der Waals surface area contributed by atoms with Crippen molar-refractivity contribution in [1.29, 1.82) is 0 Å². The summed E-state index contributed by atoms with van der Waals surface area (Å²) >= 11 is 0. The summed E-state index contributed by atoms with van der Waals surface area (Å²) in [5.74, 6) is 0.124. The minimum Gasteiger partial charge on any atom is -0.497 e. The van der Waals surface area contributed by atoms with Crippen molar-refractivity contribution >= 4 is 35.5 Å². The van der Waals surface area contributed by atoms with Gasteiger partial charge in [0.2, 0.25) is 25.2 Å². The highest BCUT2D eigenvalue weighted by molar-refractivity contribution is 5.95. The van der Waals surface area contributed by atoms with Crippen molar-refractivity contribution in [3.8, 4) is 46.0 Å². The second-order valence-corrected chi connectivity index (χ2v) is 28.9. The number of aryl methyl sites for hydroxylation is 1. The van der Waals surface area contributed by atoms with Gasteiger partial charge >= 0.3 is 23.9 Å². The molecule has 1 amide bonds. The van der Waals surface area contributed by atoms with Crippen LogP contribution in [0, 0.1) is 23.7 Å². The van der Waals surface area contributed by atoms with Crippen LogP contribution >= 0.6 is 0 Å². The predicted molar refractivity (Wildman–Crippen MR) is 392 cm³/mol. The number of carboxylic acid groups (broad SMARTS) is 4. The molecule has 556 valence electrons. The molecule has 0 spiro atoms. The highest BCUT2D eigenvalue weighted by atomic mass is 16.7. The smallest absolute Gasteiger partial charge is 0.308 e. The average Bonchev–Trinajstić information content (AvgIpc) is 1.64. The van der Waals surface area contributed by atoms with E-state index < -0.39 is 41.8 Å². The molecule has 6 aromatic rings. The molecule has 6 aliphatic heterocycles. The normalized spacial score (nSPS) is 24.2. The first-order valence-electron chi connectivity index (χ1n) is 35.4. The number of likely N-dealkylation sites (tertiary alicyclic amines) is 4. The summed E-state index contributed by atoms with van der Waals surface area (Å²) in [7, 11) is 18.8. The van der Waals surface area contributed by atoms with Gasteiger partial charge in [-0.3, -0.25) is 28.9 Å². The molecule has 6 heterocycles. The maximum Gasteiger partial charge on any atom is 0.308 e. The molecule has 12 rings (SSSR count). The number of quaternary nitrogens is 1. The molecule has 103 heavy (non-hydrogen) atoms. The molecule has 6 aromatic carbocycles. The number of anilines is 1. The van der Waals surface area contributed by atoms with Crippen LogP contribution in [0.4, 0.5) is 5.69 Å². The Morgan fingerprint density at radius 1 is 0.515 bits per heavy atom. The number of fused-ring (bicyclic) bond motifs is 2. The van der Waals surface area contributed by atoms with Crippen molar-refractivity contribution in [1.82, 2.24) is 19.6 Å². The molecule has 0 bridgehead atoms. The number of hydrogen-bond donors (Lipinski definition) is 4. The zero-order valence-electron chi connectivity index (χ0n) is 62.0. The largest absolute Gasteiger partial charge is 0.497 e. The Balaban J connectivity index is 0.000000185. The molecule has 4 saturated heterocycles. The van der Waals surface area contributed by atoms with Gasteiger partial charge in [-0.25, -0.2) is 0 Å². The maximum atomic E-state index is 14.4. The number of amides is 1. The average molecular weight is 1420 g/mol. The van der Waals surface area contributed by atoms with E-state index in [9.17, 15) is 44.4 Å². The number of hydrogen-bond acceptors (Lipinski definition) is 17. The van der Waals surface area contributed by atoms with Crippen LogP contribution in [-0.2, 0) is 36.9 Å². The summed E-state index contributed by atoms with van der Waals surface area (Å²) in [6, 6.07) is 40.6. The Kier molecular flexibility index (Phi) is 26.4. The van der Waals surface area contributed by atoms with E-state index in [1.807, 2.05) is 162 Å². The Bertz CT molecular complexity index is 3650. The number of likely N-dealkylation sites (N-methyl/N-ethyl adjacent to an activating group) is 3. The first-order chi connectivity index (χ1) is 49.2. The van der Waals surface area contributed by atoms with Gasteiger partial charge in [0.05, 0.1) is 79.8 Å².